The van der Waals surface area contributed by atoms with Gasteiger partial charge in [0.1, 0.15) is 11.5 Å². The second-order valence-electron chi connectivity index (χ2n) is 5.07. The lowest BCUT2D eigenvalue weighted by Crippen LogP contribution is -2.25. The highest BCUT2D eigenvalue weighted by Gasteiger charge is 2.04. The summed E-state index contributed by atoms with van der Waals surface area (Å²) in [5.74, 6) is 1.75. The maximum Gasteiger partial charge on any atom is 0.127 e. The number of nitrogens with zero attached hydrogens (tertiary/aromatic N) is 1. The van der Waals surface area contributed by atoms with Crippen molar-refractivity contribution < 1.29 is 4.74 Å². The van der Waals surface area contributed by atoms with Gasteiger partial charge in [0.15, 0.2) is 0 Å². The first-order valence-corrected chi connectivity index (χ1v) is 7.56. The van der Waals surface area contributed by atoms with E-state index in [4.69, 9.17) is 10.5 Å². The average Bonchev–Trinajstić information content (AvgIpc) is 2.53. The smallest absolute Gasteiger partial charge is 0.127 e. The zero-order chi connectivity index (χ0) is 14.9. The van der Waals surface area contributed by atoms with Crippen LogP contribution in [0.3, 0.4) is 0 Å². The summed E-state index contributed by atoms with van der Waals surface area (Å²) < 4.78 is 5.88. The Morgan fingerprint density at radius 3 is 2.48 bits per heavy atom. The number of hydrogen-bond acceptors (Lipinski definition) is 3. The molecule has 112 valence electrons. The Morgan fingerprint density at radius 2 is 1.76 bits per heavy atom. The Labute approximate surface area is 127 Å². The molecule has 0 saturated heterocycles. The van der Waals surface area contributed by atoms with Crippen molar-refractivity contribution in [2.75, 3.05) is 19.6 Å². The van der Waals surface area contributed by atoms with Crippen molar-refractivity contribution in [3.8, 4) is 11.5 Å². The SMILES string of the molecule is CCN(CCCN)Cc1cccc(Oc2ccccc2)c1. The molecule has 0 spiro atoms. The third-order valence-corrected chi connectivity index (χ3v) is 3.41. The predicted molar refractivity (Wildman–Crippen MR) is 87.6 cm³/mol. The molecule has 0 aromatic heterocycles. The first-order valence-electron chi connectivity index (χ1n) is 7.56. The van der Waals surface area contributed by atoms with Crippen LogP contribution < -0.4 is 10.5 Å². The van der Waals surface area contributed by atoms with Crippen LogP contribution >= 0.6 is 0 Å². The number of hydrogen-bond donors (Lipinski definition) is 1. The Balaban J connectivity index is 2.00. The molecule has 2 aromatic rings. The molecule has 0 fully saturated rings. The first-order chi connectivity index (χ1) is 10.3. The quantitative estimate of drug-likeness (QED) is 0.804. The van der Waals surface area contributed by atoms with Crippen LogP contribution in [0.1, 0.15) is 18.9 Å². The fourth-order valence-electron chi connectivity index (χ4n) is 2.25. The van der Waals surface area contributed by atoms with Gasteiger partial charge < -0.3 is 10.5 Å². The number of ether oxygens (including phenoxy) is 1. The Morgan fingerprint density at radius 1 is 1.00 bits per heavy atom. The Bertz CT molecular complexity index is 528. The number of para-hydroxylation sites is 1. The molecule has 0 aliphatic heterocycles. The molecule has 0 unspecified atom stereocenters. The van der Waals surface area contributed by atoms with E-state index in [0.717, 1.165) is 44.1 Å². The molecule has 0 radical (unpaired) electrons. The highest BCUT2D eigenvalue weighted by atomic mass is 16.5. The van der Waals surface area contributed by atoms with Crippen molar-refractivity contribution in [3.63, 3.8) is 0 Å². The molecule has 21 heavy (non-hydrogen) atoms. The summed E-state index contributed by atoms with van der Waals surface area (Å²) in [6.45, 7) is 5.93. The predicted octanol–water partition coefficient (Wildman–Crippen LogP) is 3.65. The third-order valence-electron chi connectivity index (χ3n) is 3.41. The van der Waals surface area contributed by atoms with Crippen LogP contribution in [0.2, 0.25) is 0 Å². The van der Waals surface area contributed by atoms with E-state index in [1.54, 1.807) is 0 Å². The molecule has 0 amide bonds. The van der Waals surface area contributed by atoms with Gasteiger partial charge in [0.2, 0.25) is 0 Å². The van der Waals surface area contributed by atoms with Crippen LogP contribution in [-0.2, 0) is 6.54 Å². The fourth-order valence-corrected chi connectivity index (χ4v) is 2.25. The normalized spacial score (nSPS) is 10.8. The topological polar surface area (TPSA) is 38.5 Å². The molecule has 3 heteroatoms. The molecular weight excluding hydrogens is 260 g/mol. The summed E-state index contributed by atoms with van der Waals surface area (Å²) in [5.41, 5.74) is 6.85. The summed E-state index contributed by atoms with van der Waals surface area (Å²) in [5, 5.41) is 0. The number of nitrogens with two attached hydrogens (primary N) is 1. The lowest BCUT2D eigenvalue weighted by atomic mass is 10.2. The third kappa shape index (κ3) is 5.21. The van der Waals surface area contributed by atoms with Gasteiger partial charge in [-0.1, -0.05) is 37.3 Å². The first kappa shape index (κ1) is 15.5. The van der Waals surface area contributed by atoms with Crippen molar-refractivity contribution >= 4 is 0 Å². The monoisotopic (exact) mass is 284 g/mol. The number of benzene rings is 2. The van der Waals surface area contributed by atoms with Crippen molar-refractivity contribution in [2.24, 2.45) is 5.73 Å². The second kappa shape index (κ2) is 8.45. The zero-order valence-electron chi connectivity index (χ0n) is 12.7. The molecule has 0 aliphatic rings. The van der Waals surface area contributed by atoms with Gasteiger partial charge >= 0.3 is 0 Å². The summed E-state index contributed by atoms with van der Waals surface area (Å²) in [6, 6.07) is 18.2. The average molecular weight is 284 g/mol. The molecular formula is C18H24N2O. The van der Waals surface area contributed by atoms with E-state index in [-0.39, 0.29) is 0 Å². The highest BCUT2D eigenvalue weighted by molar-refractivity contribution is 5.33. The van der Waals surface area contributed by atoms with Crippen LogP contribution in [0.4, 0.5) is 0 Å². The van der Waals surface area contributed by atoms with Crippen LogP contribution in [0.15, 0.2) is 54.6 Å². The molecule has 0 atom stereocenters. The van der Waals surface area contributed by atoms with E-state index < -0.39 is 0 Å². The Hall–Kier alpha value is -1.84. The van der Waals surface area contributed by atoms with Gasteiger partial charge in [0, 0.05) is 6.54 Å². The molecule has 0 heterocycles. The summed E-state index contributed by atoms with van der Waals surface area (Å²) in [4.78, 5) is 2.40. The van der Waals surface area contributed by atoms with E-state index in [0.29, 0.717) is 0 Å². The van der Waals surface area contributed by atoms with Crippen LogP contribution in [0.5, 0.6) is 11.5 Å². The zero-order valence-corrected chi connectivity index (χ0v) is 12.7. The Kier molecular flexibility index (Phi) is 6.25. The fraction of sp³-hybridized carbons (Fsp3) is 0.333. The van der Waals surface area contributed by atoms with E-state index in [2.05, 4.69) is 24.0 Å². The van der Waals surface area contributed by atoms with Crippen molar-refractivity contribution in [1.29, 1.82) is 0 Å². The summed E-state index contributed by atoms with van der Waals surface area (Å²) in [6.07, 6.45) is 1.04. The standard InChI is InChI=1S/C18H24N2O/c1-2-20(13-7-12-19)15-16-8-6-11-18(14-16)21-17-9-4-3-5-10-17/h3-6,8-11,14H,2,7,12-13,15,19H2,1H3. The van der Waals surface area contributed by atoms with Gasteiger partial charge in [-0.05, 0) is 55.9 Å². The minimum atomic E-state index is 0.744. The lowest BCUT2D eigenvalue weighted by molar-refractivity contribution is 0.278. The van der Waals surface area contributed by atoms with Crippen LogP contribution in [0, 0.1) is 0 Å². The van der Waals surface area contributed by atoms with Crippen LogP contribution in [0.25, 0.3) is 0 Å². The minimum absolute atomic E-state index is 0.744. The molecule has 2 aromatic carbocycles. The minimum Gasteiger partial charge on any atom is -0.457 e. The van der Waals surface area contributed by atoms with E-state index in [9.17, 15) is 0 Å². The summed E-state index contributed by atoms with van der Waals surface area (Å²) >= 11 is 0. The van der Waals surface area contributed by atoms with Gasteiger partial charge in [0.05, 0.1) is 0 Å². The maximum absolute atomic E-state index is 5.88. The molecule has 3 nitrogen and oxygen atoms in total. The second-order valence-corrected chi connectivity index (χ2v) is 5.07. The lowest BCUT2D eigenvalue weighted by Gasteiger charge is -2.20. The van der Waals surface area contributed by atoms with E-state index in [1.807, 2.05) is 42.5 Å². The van der Waals surface area contributed by atoms with E-state index in [1.165, 1.54) is 5.56 Å². The molecule has 2 N–H and O–H groups in total. The maximum atomic E-state index is 5.88. The van der Waals surface area contributed by atoms with Gasteiger partial charge in [-0.25, -0.2) is 0 Å². The van der Waals surface area contributed by atoms with E-state index >= 15 is 0 Å². The van der Waals surface area contributed by atoms with Gasteiger partial charge in [-0.15, -0.1) is 0 Å². The van der Waals surface area contributed by atoms with Crippen molar-refractivity contribution in [2.45, 2.75) is 19.9 Å². The van der Waals surface area contributed by atoms with Crippen molar-refractivity contribution in [3.05, 3.63) is 60.2 Å². The van der Waals surface area contributed by atoms with Crippen LogP contribution in [-0.4, -0.2) is 24.5 Å². The molecule has 0 bridgehead atoms. The molecule has 0 saturated carbocycles. The van der Waals surface area contributed by atoms with Gasteiger partial charge in [-0.3, -0.25) is 4.90 Å². The van der Waals surface area contributed by atoms with Gasteiger partial charge in [-0.2, -0.15) is 0 Å². The van der Waals surface area contributed by atoms with Crippen molar-refractivity contribution in [1.82, 2.24) is 4.90 Å². The summed E-state index contributed by atoms with van der Waals surface area (Å²) in [7, 11) is 0. The molecule has 2 rings (SSSR count). The number of rotatable bonds is 8. The largest absolute Gasteiger partial charge is 0.457 e. The van der Waals surface area contributed by atoms with Gasteiger partial charge in [0.25, 0.3) is 0 Å². The highest BCUT2D eigenvalue weighted by Crippen LogP contribution is 2.22. The molecule has 0 aliphatic carbocycles.